The Morgan fingerprint density at radius 3 is 2.39 bits per heavy atom. The predicted octanol–water partition coefficient (Wildman–Crippen LogP) is 2.55. The number of hydrogen-bond acceptors (Lipinski definition) is 6. The summed E-state index contributed by atoms with van der Waals surface area (Å²) < 4.78 is 22.5. The van der Waals surface area contributed by atoms with Crippen molar-refractivity contribution in [3.05, 3.63) is 54.1 Å². The summed E-state index contributed by atoms with van der Waals surface area (Å²) >= 11 is 1.22. The molecule has 10 heteroatoms. The number of aromatic amines is 1. The van der Waals surface area contributed by atoms with Crippen molar-refractivity contribution in [2.75, 3.05) is 5.32 Å². The number of amides is 1. The summed E-state index contributed by atoms with van der Waals surface area (Å²) in [6.07, 6.45) is 0. The third-order valence-electron chi connectivity index (χ3n) is 3.89. The number of thioether (sulfide) groups is 1. The molecule has 1 heterocycles. The van der Waals surface area contributed by atoms with Gasteiger partial charge in [-0.2, -0.15) is 0 Å². The summed E-state index contributed by atoms with van der Waals surface area (Å²) in [7, 11) is -3.76. The number of sulfonamides is 1. The average Bonchev–Trinajstić information content (AvgIpc) is 3.10. The number of primary sulfonamides is 1. The number of H-pyrrole nitrogens is 1. The van der Waals surface area contributed by atoms with Gasteiger partial charge < -0.3 is 5.32 Å². The van der Waals surface area contributed by atoms with E-state index in [1.54, 1.807) is 6.92 Å². The molecule has 3 aromatic rings. The first-order valence-electron chi connectivity index (χ1n) is 8.32. The number of nitrogens with two attached hydrogens (primary N) is 1. The molecule has 0 aliphatic heterocycles. The Balaban J connectivity index is 1.62. The highest BCUT2D eigenvalue weighted by atomic mass is 32.2. The fraction of sp³-hybridized carbons (Fsp3) is 0.167. The standard InChI is InChI=1S/C18H19N5O3S2/c1-11-3-5-13(6-4-11)16-21-18(23-22-16)27-12(2)17(24)20-14-7-9-15(10-8-14)28(19,25)26/h3-10,12H,1-2H3,(H,20,24)(H2,19,25,26)(H,21,22,23)/t12-/m1/s1. The van der Waals surface area contributed by atoms with Gasteiger partial charge in [0.2, 0.25) is 21.1 Å². The molecule has 0 unspecified atom stereocenters. The van der Waals surface area contributed by atoms with E-state index >= 15 is 0 Å². The third-order valence-corrected chi connectivity index (χ3v) is 5.78. The van der Waals surface area contributed by atoms with E-state index in [-0.39, 0.29) is 10.8 Å². The predicted molar refractivity (Wildman–Crippen MR) is 108 cm³/mol. The molecule has 28 heavy (non-hydrogen) atoms. The zero-order valence-electron chi connectivity index (χ0n) is 15.2. The molecule has 8 nitrogen and oxygen atoms in total. The molecular formula is C18H19N5O3S2. The largest absolute Gasteiger partial charge is 0.325 e. The lowest BCUT2D eigenvalue weighted by molar-refractivity contribution is -0.115. The van der Waals surface area contributed by atoms with Crippen LogP contribution in [0.25, 0.3) is 11.4 Å². The first-order chi connectivity index (χ1) is 13.2. The second kappa shape index (κ2) is 8.13. The number of hydrogen-bond donors (Lipinski definition) is 3. The molecule has 0 fully saturated rings. The van der Waals surface area contributed by atoms with Crippen LogP contribution in [0.5, 0.6) is 0 Å². The van der Waals surface area contributed by atoms with Gasteiger partial charge in [-0.3, -0.25) is 9.89 Å². The fourth-order valence-electron chi connectivity index (χ4n) is 2.32. The van der Waals surface area contributed by atoms with E-state index in [0.717, 1.165) is 11.1 Å². The number of anilines is 1. The van der Waals surface area contributed by atoms with Crippen molar-refractivity contribution in [3.8, 4) is 11.4 Å². The summed E-state index contributed by atoms with van der Waals surface area (Å²) in [5, 5.41) is 14.8. The Morgan fingerprint density at radius 2 is 1.79 bits per heavy atom. The maximum Gasteiger partial charge on any atom is 0.238 e. The highest BCUT2D eigenvalue weighted by molar-refractivity contribution is 8.00. The molecule has 1 amide bonds. The quantitative estimate of drug-likeness (QED) is 0.528. The normalized spacial score (nSPS) is 12.5. The van der Waals surface area contributed by atoms with Crippen molar-refractivity contribution in [1.29, 1.82) is 0 Å². The number of rotatable bonds is 6. The molecule has 0 aliphatic carbocycles. The number of nitrogens with zero attached hydrogens (tertiary/aromatic N) is 2. The van der Waals surface area contributed by atoms with Crippen LogP contribution in [0.2, 0.25) is 0 Å². The Bertz CT molecular complexity index is 1080. The number of nitrogens with one attached hydrogen (secondary N) is 2. The van der Waals surface area contributed by atoms with Crippen molar-refractivity contribution in [1.82, 2.24) is 15.2 Å². The lowest BCUT2D eigenvalue weighted by Gasteiger charge is -2.10. The first-order valence-corrected chi connectivity index (χ1v) is 10.7. The Kier molecular flexibility index (Phi) is 5.82. The second-order valence-electron chi connectivity index (χ2n) is 6.15. The van der Waals surface area contributed by atoms with Crippen molar-refractivity contribution < 1.29 is 13.2 Å². The Morgan fingerprint density at radius 1 is 1.14 bits per heavy atom. The van der Waals surface area contributed by atoms with Crippen LogP contribution in [0.15, 0.2) is 58.6 Å². The number of aryl methyl sites for hydroxylation is 1. The molecule has 0 radical (unpaired) electrons. The minimum Gasteiger partial charge on any atom is -0.325 e. The number of carbonyl (C=O) groups is 1. The molecule has 0 aliphatic rings. The monoisotopic (exact) mass is 417 g/mol. The maximum absolute atomic E-state index is 12.4. The van der Waals surface area contributed by atoms with E-state index < -0.39 is 15.3 Å². The van der Waals surface area contributed by atoms with Gasteiger partial charge in [-0.05, 0) is 38.1 Å². The van der Waals surface area contributed by atoms with E-state index in [4.69, 9.17) is 5.14 Å². The summed E-state index contributed by atoms with van der Waals surface area (Å²) in [6.45, 7) is 3.74. The maximum atomic E-state index is 12.4. The van der Waals surface area contributed by atoms with Crippen molar-refractivity contribution >= 4 is 33.4 Å². The highest BCUT2D eigenvalue weighted by Gasteiger charge is 2.18. The number of benzene rings is 2. The van der Waals surface area contributed by atoms with Gasteiger partial charge in [-0.15, -0.1) is 5.10 Å². The van der Waals surface area contributed by atoms with Gasteiger partial charge in [0.05, 0.1) is 10.1 Å². The summed E-state index contributed by atoms with van der Waals surface area (Å²) in [5.41, 5.74) is 2.54. The topological polar surface area (TPSA) is 131 Å². The lowest BCUT2D eigenvalue weighted by Crippen LogP contribution is -2.22. The molecule has 0 spiro atoms. The second-order valence-corrected chi connectivity index (χ2v) is 9.02. The average molecular weight is 418 g/mol. The Labute approximate surface area is 167 Å². The number of aromatic nitrogens is 3. The van der Waals surface area contributed by atoms with Gasteiger partial charge in [0, 0.05) is 11.3 Å². The molecule has 1 atom stereocenters. The highest BCUT2D eigenvalue weighted by Crippen LogP contribution is 2.24. The van der Waals surface area contributed by atoms with Gasteiger partial charge in [-0.1, -0.05) is 41.6 Å². The summed E-state index contributed by atoms with van der Waals surface area (Å²) in [5.74, 6) is 0.378. The van der Waals surface area contributed by atoms with E-state index in [1.165, 1.54) is 36.0 Å². The number of carbonyl (C=O) groups excluding carboxylic acids is 1. The SMILES string of the molecule is Cc1ccc(-c2nc(S[C@H](C)C(=O)Nc3ccc(S(N)(=O)=O)cc3)n[nH]2)cc1. The van der Waals surface area contributed by atoms with Crippen LogP contribution in [-0.2, 0) is 14.8 Å². The van der Waals surface area contributed by atoms with Gasteiger partial charge in [-0.25, -0.2) is 18.5 Å². The van der Waals surface area contributed by atoms with E-state index in [0.29, 0.717) is 16.7 Å². The zero-order valence-corrected chi connectivity index (χ0v) is 16.8. The zero-order chi connectivity index (χ0) is 20.3. The van der Waals surface area contributed by atoms with Crippen LogP contribution in [0.1, 0.15) is 12.5 Å². The van der Waals surface area contributed by atoms with Crippen LogP contribution < -0.4 is 10.5 Å². The Hall–Kier alpha value is -2.69. The van der Waals surface area contributed by atoms with Crippen LogP contribution in [0.4, 0.5) is 5.69 Å². The molecule has 0 saturated carbocycles. The molecular weight excluding hydrogens is 398 g/mol. The van der Waals surface area contributed by atoms with Gasteiger partial charge in [0.15, 0.2) is 5.82 Å². The van der Waals surface area contributed by atoms with E-state index in [2.05, 4.69) is 20.5 Å². The lowest BCUT2D eigenvalue weighted by atomic mass is 10.1. The smallest absolute Gasteiger partial charge is 0.238 e. The minimum atomic E-state index is -3.76. The molecule has 146 valence electrons. The molecule has 1 aromatic heterocycles. The fourth-order valence-corrected chi connectivity index (χ4v) is 3.56. The van der Waals surface area contributed by atoms with Crippen LogP contribution >= 0.6 is 11.8 Å². The van der Waals surface area contributed by atoms with Crippen LogP contribution in [0, 0.1) is 6.92 Å². The van der Waals surface area contributed by atoms with Gasteiger partial charge in [0.25, 0.3) is 0 Å². The van der Waals surface area contributed by atoms with Gasteiger partial charge >= 0.3 is 0 Å². The molecule has 0 saturated heterocycles. The van der Waals surface area contributed by atoms with Crippen molar-refractivity contribution in [2.45, 2.75) is 29.1 Å². The van der Waals surface area contributed by atoms with Gasteiger partial charge in [0.1, 0.15) is 0 Å². The van der Waals surface area contributed by atoms with Crippen molar-refractivity contribution in [3.63, 3.8) is 0 Å². The minimum absolute atomic E-state index is 0.0164. The first kappa shape index (κ1) is 20.1. The van der Waals surface area contributed by atoms with Crippen molar-refractivity contribution in [2.24, 2.45) is 5.14 Å². The van der Waals surface area contributed by atoms with E-state index in [1.807, 2.05) is 31.2 Å². The summed E-state index contributed by atoms with van der Waals surface area (Å²) in [4.78, 5) is 16.8. The third kappa shape index (κ3) is 4.97. The van der Waals surface area contributed by atoms with Crippen LogP contribution in [-0.4, -0.2) is 34.8 Å². The molecule has 4 N–H and O–H groups in total. The molecule has 2 aromatic carbocycles. The molecule has 0 bridgehead atoms. The molecule has 3 rings (SSSR count). The van der Waals surface area contributed by atoms with Crippen LogP contribution in [0.3, 0.4) is 0 Å². The van der Waals surface area contributed by atoms with E-state index in [9.17, 15) is 13.2 Å². The summed E-state index contributed by atoms with van der Waals surface area (Å²) in [6, 6.07) is 13.5.